The lowest BCUT2D eigenvalue weighted by Gasteiger charge is -2.16. The molecule has 98 valence electrons. The molecule has 1 heterocycles. The Morgan fingerprint density at radius 2 is 1.79 bits per heavy atom. The van der Waals surface area contributed by atoms with Crippen LogP contribution in [0.4, 0.5) is 5.69 Å². The van der Waals surface area contributed by atoms with Crippen molar-refractivity contribution in [3.05, 3.63) is 63.1 Å². The van der Waals surface area contributed by atoms with Gasteiger partial charge in [-0.2, -0.15) is 0 Å². The quantitative estimate of drug-likeness (QED) is 0.845. The maximum absolute atomic E-state index is 6.21. The predicted octanol–water partition coefficient (Wildman–Crippen LogP) is 4.09. The second-order valence-corrected chi connectivity index (χ2v) is 5.75. The minimum absolute atomic E-state index is 0.723. The van der Waals surface area contributed by atoms with Crippen LogP contribution in [0.2, 0.25) is 10.0 Å². The first-order valence-electron chi connectivity index (χ1n) is 6.15. The monoisotopic (exact) mass is 292 g/mol. The molecule has 4 heteroatoms. The molecule has 1 aliphatic rings. The van der Waals surface area contributed by atoms with Crippen LogP contribution in [0.25, 0.3) is 0 Å². The Hall–Kier alpha value is -1.22. The van der Waals surface area contributed by atoms with Gasteiger partial charge in [-0.15, -0.1) is 0 Å². The Labute approximate surface area is 122 Å². The van der Waals surface area contributed by atoms with Crippen LogP contribution in [0.5, 0.6) is 0 Å². The minimum Gasteiger partial charge on any atom is -0.399 e. The SMILES string of the molecule is Nc1ccc2c(c1)CN(Cc1cc(Cl)ccc1Cl)C2. The van der Waals surface area contributed by atoms with E-state index >= 15 is 0 Å². The van der Waals surface area contributed by atoms with Crippen molar-refractivity contribution >= 4 is 28.9 Å². The van der Waals surface area contributed by atoms with Crippen molar-refractivity contribution in [1.82, 2.24) is 4.90 Å². The first-order valence-corrected chi connectivity index (χ1v) is 6.91. The molecular weight excluding hydrogens is 279 g/mol. The summed E-state index contributed by atoms with van der Waals surface area (Å²) in [6.45, 7) is 2.63. The van der Waals surface area contributed by atoms with E-state index in [4.69, 9.17) is 28.9 Å². The van der Waals surface area contributed by atoms with Crippen LogP contribution >= 0.6 is 23.2 Å². The first-order chi connectivity index (χ1) is 9.11. The van der Waals surface area contributed by atoms with Gasteiger partial charge in [0.15, 0.2) is 0 Å². The van der Waals surface area contributed by atoms with Crippen molar-refractivity contribution in [3.63, 3.8) is 0 Å². The number of nitrogen functional groups attached to an aromatic ring is 1. The predicted molar refractivity (Wildman–Crippen MR) is 80.3 cm³/mol. The third-order valence-corrected chi connectivity index (χ3v) is 4.02. The summed E-state index contributed by atoms with van der Waals surface area (Å²) in [6, 6.07) is 11.7. The normalized spacial score (nSPS) is 14.6. The van der Waals surface area contributed by atoms with E-state index in [0.29, 0.717) is 0 Å². The number of fused-ring (bicyclic) bond motifs is 1. The molecular formula is C15H14Cl2N2. The highest BCUT2D eigenvalue weighted by atomic mass is 35.5. The molecule has 0 aliphatic carbocycles. The molecule has 3 rings (SSSR count). The van der Waals surface area contributed by atoms with Crippen LogP contribution < -0.4 is 5.73 Å². The van der Waals surface area contributed by atoms with Gasteiger partial charge in [-0.25, -0.2) is 0 Å². The highest BCUT2D eigenvalue weighted by Crippen LogP contribution is 2.28. The summed E-state index contributed by atoms with van der Waals surface area (Å²) in [4.78, 5) is 2.33. The Kier molecular flexibility index (Phi) is 3.40. The summed E-state index contributed by atoms with van der Waals surface area (Å²) < 4.78 is 0. The lowest BCUT2D eigenvalue weighted by atomic mass is 10.1. The van der Waals surface area contributed by atoms with Gasteiger partial charge >= 0.3 is 0 Å². The summed E-state index contributed by atoms with van der Waals surface area (Å²) >= 11 is 12.2. The highest BCUT2D eigenvalue weighted by molar-refractivity contribution is 6.33. The van der Waals surface area contributed by atoms with Crippen LogP contribution in [0.3, 0.4) is 0 Å². The molecule has 0 amide bonds. The van der Waals surface area contributed by atoms with Gasteiger partial charge in [0.25, 0.3) is 0 Å². The van der Waals surface area contributed by atoms with Crippen LogP contribution in [0.15, 0.2) is 36.4 Å². The molecule has 0 saturated carbocycles. The summed E-state index contributed by atoms with van der Waals surface area (Å²) in [5.41, 5.74) is 10.3. The highest BCUT2D eigenvalue weighted by Gasteiger charge is 2.19. The summed E-state index contributed by atoms with van der Waals surface area (Å²) in [5.74, 6) is 0. The zero-order valence-corrected chi connectivity index (χ0v) is 11.9. The Balaban J connectivity index is 1.78. The van der Waals surface area contributed by atoms with Crippen LogP contribution in [0.1, 0.15) is 16.7 Å². The molecule has 0 unspecified atom stereocenters. The molecule has 0 fully saturated rings. The molecule has 1 aliphatic heterocycles. The van der Waals surface area contributed by atoms with E-state index in [2.05, 4.69) is 17.0 Å². The number of halogens is 2. The second kappa shape index (κ2) is 5.04. The number of rotatable bonds is 2. The zero-order valence-electron chi connectivity index (χ0n) is 10.4. The van der Waals surface area contributed by atoms with Gasteiger partial charge in [-0.1, -0.05) is 29.3 Å². The Morgan fingerprint density at radius 3 is 2.63 bits per heavy atom. The number of nitrogens with zero attached hydrogens (tertiary/aromatic N) is 1. The molecule has 19 heavy (non-hydrogen) atoms. The van der Waals surface area contributed by atoms with Crippen molar-refractivity contribution in [2.75, 3.05) is 5.73 Å². The number of benzene rings is 2. The summed E-state index contributed by atoms with van der Waals surface area (Å²) in [6.07, 6.45) is 0. The maximum Gasteiger partial charge on any atom is 0.0452 e. The standard InChI is InChI=1S/C15H14Cl2N2/c16-13-2-4-15(17)12(5-13)9-19-7-10-1-3-14(18)6-11(10)8-19/h1-6H,7-9,18H2. The van der Waals surface area contributed by atoms with Crippen molar-refractivity contribution in [2.24, 2.45) is 0 Å². The third-order valence-electron chi connectivity index (χ3n) is 3.42. The molecule has 2 aromatic carbocycles. The van der Waals surface area contributed by atoms with E-state index in [1.165, 1.54) is 11.1 Å². The molecule has 2 N–H and O–H groups in total. The van der Waals surface area contributed by atoms with E-state index < -0.39 is 0 Å². The zero-order chi connectivity index (χ0) is 13.4. The Bertz CT molecular complexity index is 626. The van der Waals surface area contributed by atoms with Crippen LogP contribution in [0, 0.1) is 0 Å². The molecule has 0 aromatic heterocycles. The van der Waals surface area contributed by atoms with Crippen LogP contribution in [-0.2, 0) is 19.6 Å². The Morgan fingerprint density at radius 1 is 1.00 bits per heavy atom. The number of hydrogen-bond donors (Lipinski definition) is 1. The average Bonchev–Trinajstić information content (AvgIpc) is 2.75. The van der Waals surface area contributed by atoms with Crippen molar-refractivity contribution in [1.29, 1.82) is 0 Å². The van der Waals surface area contributed by atoms with Crippen molar-refractivity contribution in [2.45, 2.75) is 19.6 Å². The average molecular weight is 293 g/mol. The van der Waals surface area contributed by atoms with E-state index in [1.807, 2.05) is 24.3 Å². The molecule has 2 aromatic rings. The number of anilines is 1. The van der Waals surface area contributed by atoms with E-state index in [-0.39, 0.29) is 0 Å². The maximum atomic E-state index is 6.21. The summed E-state index contributed by atoms with van der Waals surface area (Å²) in [5, 5.41) is 1.49. The fourth-order valence-corrected chi connectivity index (χ4v) is 2.87. The van der Waals surface area contributed by atoms with Gasteiger partial charge in [0.1, 0.15) is 0 Å². The van der Waals surface area contributed by atoms with E-state index in [0.717, 1.165) is 40.9 Å². The molecule has 0 saturated heterocycles. The van der Waals surface area contributed by atoms with Crippen molar-refractivity contribution < 1.29 is 0 Å². The molecule has 0 spiro atoms. The molecule has 2 nitrogen and oxygen atoms in total. The molecule has 0 radical (unpaired) electrons. The smallest absolute Gasteiger partial charge is 0.0452 e. The first kappa shape index (κ1) is 12.8. The van der Waals surface area contributed by atoms with Gasteiger partial charge < -0.3 is 5.73 Å². The number of hydrogen-bond acceptors (Lipinski definition) is 2. The second-order valence-electron chi connectivity index (χ2n) is 4.91. The van der Waals surface area contributed by atoms with Crippen molar-refractivity contribution in [3.8, 4) is 0 Å². The fourth-order valence-electron chi connectivity index (χ4n) is 2.50. The topological polar surface area (TPSA) is 29.3 Å². The third kappa shape index (κ3) is 2.71. The minimum atomic E-state index is 0.723. The number of nitrogens with two attached hydrogens (primary N) is 1. The summed E-state index contributed by atoms with van der Waals surface area (Å²) in [7, 11) is 0. The van der Waals surface area contributed by atoms with E-state index in [9.17, 15) is 0 Å². The van der Waals surface area contributed by atoms with Gasteiger partial charge in [0.2, 0.25) is 0 Å². The van der Waals surface area contributed by atoms with E-state index in [1.54, 1.807) is 0 Å². The van der Waals surface area contributed by atoms with Gasteiger partial charge in [0, 0.05) is 35.4 Å². The largest absolute Gasteiger partial charge is 0.399 e. The lowest BCUT2D eigenvalue weighted by Crippen LogP contribution is -2.15. The van der Waals surface area contributed by atoms with Gasteiger partial charge in [-0.3, -0.25) is 4.90 Å². The molecule has 0 bridgehead atoms. The lowest BCUT2D eigenvalue weighted by molar-refractivity contribution is 0.275. The fraction of sp³-hybridized carbons (Fsp3) is 0.200. The van der Waals surface area contributed by atoms with Gasteiger partial charge in [-0.05, 0) is 47.0 Å². The van der Waals surface area contributed by atoms with Crippen LogP contribution in [-0.4, -0.2) is 4.90 Å². The molecule has 0 atom stereocenters. The van der Waals surface area contributed by atoms with Gasteiger partial charge in [0.05, 0.1) is 0 Å².